The number of benzene rings is 4. The highest BCUT2D eigenvalue weighted by molar-refractivity contribution is 7.29. The standard InChI is InChI=1S/C46H34S4/c1-3-5-31-7-11-33(12-8-31)35-15-19-37(20-16-35)39-23-25-41(47-39)43-27-29-45(49-43)46-30-28-44(50-46)42-26-24-40(48-42)38-21-17-36(18-22-38)34-13-9-32(6-4-2)10-14-34/h3-4,7-30H,1-2,5-6H2. The number of allylic oxidation sites excluding steroid dienone is 2. The summed E-state index contributed by atoms with van der Waals surface area (Å²) in [6.07, 6.45) is 5.70. The molecular formula is C46H34S4. The lowest BCUT2D eigenvalue weighted by Gasteiger charge is -2.05. The van der Waals surface area contributed by atoms with Crippen LogP contribution in [0.3, 0.4) is 0 Å². The van der Waals surface area contributed by atoms with Crippen molar-refractivity contribution in [2.24, 2.45) is 0 Å². The number of thiophene rings is 4. The summed E-state index contributed by atoms with van der Waals surface area (Å²) in [6.45, 7) is 7.69. The first kappa shape index (κ1) is 32.4. The predicted molar refractivity (Wildman–Crippen MR) is 224 cm³/mol. The van der Waals surface area contributed by atoms with Crippen LogP contribution in [0.1, 0.15) is 11.1 Å². The van der Waals surface area contributed by atoms with Gasteiger partial charge < -0.3 is 0 Å². The Morgan fingerprint density at radius 1 is 0.280 bits per heavy atom. The SMILES string of the molecule is C=CCc1ccc(-c2ccc(-c3ccc(-c4ccc(-c5ccc(-c6ccc(-c7ccc(-c8ccc(CC=C)cc8)cc7)s6)s5)s4)s3)cc2)cc1. The first-order valence-corrected chi connectivity index (χ1v) is 19.9. The van der Waals surface area contributed by atoms with E-state index in [1.807, 2.05) is 57.5 Å². The van der Waals surface area contributed by atoms with Gasteiger partial charge >= 0.3 is 0 Å². The topological polar surface area (TPSA) is 0 Å². The van der Waals surface area contributed by atoms with Gasteiger partial charge in [-0.15, -0.1) is 58.5 Å². The molecular weight excluding hydrogens is 681 g/mol. The maximum absolute atomic E-state index is 3.84. The zero-order chi connectivity index (χ0) is 33.9. The van der Waals surface area contributed by atoms with Crippen molar-refractivity contribution >= 4 is 45.3 Å². The third kappa shape index (κ3) is 6.94. The third-order valence-electron chi connectivity index (χ3n) is 8.83. The van der Waals surface area contributed by atoms with Crippen LogP contribution in [0.15, 0.2) is 171 Å². The molecule has 0 N–H and O–H groups in total. The minimum atomic E-state index is 0.903. The normalized spacial score (nSPS) is 11.1. The van der Waals surface area contributed by atoms with Crippen LogP contribution in [0, 0.1) is 0 Å². The first-order valence-electron chi connectivity index (χ1n) is 16.7. The lowest BCUT2D eigenvalue weighted by molar-refractivity contribution is 1.28. The molecule has 0 bridgehead atoms. The molecule has 0 nitrogen and oxygen atoms in total. The summed E-state index contributed by atoms with van der Waals surface area (Å²) in [5, 5.41) is 0. The molecule has 0 aliphatic rings. The minimum absolute atomic E-state index is 0.903. The average molecular weight is 715 g/mol. The van der Waals surface area contributed by atoms with Crippen LogP contribution in [-0.4, -0.2) is 0 Å². The van der Waals surface area contributed by atoms with Gasteiger partial charge in [0, 0.05) is 39.0 Å². The zero-order valence-electron chi connectivity index (χ0n) is 27.5. The number of rotatable bonds is 11. The molecule has 0 saturated carbocycles. The molecule has 8 aromatic rings. The summed E-state index contributed by atoms with van der Waals surface area (Å²) in [6, 6.07) is 53.6. The molecule has 0 fully saturated rings. The predicted octanol–water partition coefficient (Wildman–Crippen LogP) is 15.1. The van der Waals surface area contributed by atoms with Crippen LogP contribution in [0.25, 0.3) is 72.4 Å². The molecule has 0 spiro atoms. The Kier molecular flexibility index (Phi) is 9.43. The molecule has 0 saturated heterocycles. The van der Waals surface area contributed by atoms with E-state index >= 15 is 0 Å². The summed E-state index contributed by atoms with van der Waals surface area (Å²) in [5.41, 5.74) is 10.1. The number of hydrogen-bond donors (Lipinski definition) is 0. The molecule has 4 aromatic heterocycles. The maximum atomic E-state index is 3.84. The monoisotopic (exact) mass is 714 g/mol. The fourth-order valence-corrected chi connectivity index (χ4v) is 10.4. The van der Waals surface area contributed by atoms with Gasteiger partial charge in [0.2, 0.25) is 0 Å². The van der Waals surface area contributed by atoms with Crippen molar-refractivity contribution in [2.45, 2.75) is 12.8 Å². The molecule has 4 aromatic carbocycles. The Balaban J connectivity index is 0.934. The molecule has 4 heteroatoms. The lowest BCUT2D eigenvalue weighted by Crippen LogP contribution is -1.82. The third-order valence-corrected chi connectivity index (χ3v) is 13.9. The van der Waals surface area contributed by atoms with Crippen molar-refractivity contribution in [3.8, 4) is 72.4 Å². The quantitative estimate of drug-likeness (QED) is 0.117. The van der Waals surface area contributed by atoms with Gasteiger partial charge in [0.25, 0.3) is 0 Å². The minimum Gasteiger partial charge on any atom is -0.134 e. The second-order valence-corrected chi connectivity index (χ2v) is 16.5. The summed E-state index contributed by atoms with van der Waals surface area (Å²) < 4.78 is 0. The van der Waals surface area contributed by atoms with E-state index in [4.69, 9.17) is 0 Å². The first-order chi connectivity index (χ1) is 24.6. The van der Waals surface area contributed by atoms with Gasteiger partial charge in [-0.3, -0.25) is 0 Å². The van der Waals surface area contributed by atoms with E-state index in [9.17, 15) is 0 Å². The Morgan fingerprint density at radius 3 is 0.780 bits per heavy atom. The van der Waals surface area contributed by atoms with Gasteiger partial charge in [0.1, 0.15) is 0 Å². The van der Waals surface area contributed by atoms with Gasteiger partial charge in [-0.25, -0.2) is 0 Å². The second kappa shape index (κ2) is 14.6. The van der Waals surface area contributed by atoms with E-state index in [0.29, 0.717) is 0 Å². The highest BCUT2D eigenvalue weighted by atomic mass is 32.1. The van der Waals surface area contributed by atoms with Crippen molar-refractivity contribution in [1.82, 2.24) is 0 Å². The molecule has 0 amide bonds. The molecule has 0 aliphatic carbocycles. The van der Waals surface area contributed by atoms with Gasteiger partial charge in [0.05, 0.1) is 0 Å². The molecule has 0 atom stereocenters. The van der Waals surface area contributed by atoms with Crippen molar-refractivity contribution in [3.05, 3.63) is 182 Å². The van der Waals surface area contributed by atoms with Crippen molar-refractivity contribution in [3.63, 3.8) is 0 Å². The summed E-state index contributed by atoms with van der Waals surface area (Å²) in [5.74, 6) is 0. The van der Waals surface area contributed by atoms with Crippen LogP contribution < -0.4 is 0 Å². The maximum Gasteiger partial charge on any atom is 0.0449 e. The van der Waals surface area contributed by atoms with Crippen molar-refractivity contribution < 1.29 is 0 Å². The summed E-state index contributed by atoms with van der Waals surface area (Å²) in [4.78, 5) is 10.5. The average Bonchev–Trinajstić information content (AvgIpc) is 4.00. The van der Waals surface area contributed by atoms with Crippen LogP contribution in [0.5, 0.6) is 0 Å². The molecule has 4 heterocycles. The van der Waals surface area contributed by atoms with Crippen molar-refractivity contribution in [1.29, 1.82) is 0 Å². The van der Waals surface area contributed by atoms with E-state index in [1.165, 1.54) is 83.5 Å². The van der Waals surface area contributed by atoms with E-state index in [1.54, 1.807) is 0 Å². The Labute approximate surface area is 310 Å². The van der Waals surface area contributed by atoms with Crippen LogP contribution in [0.4, 0.5) is 0 Å². The largest absolute Gasteiger partial charge is 0.134 e. The molecule has 0 aliphatic heterocycles. The van der Waals surface area contributed by atoms with Gasteiger partial charge in [-0.05, 0) is 106 Å². The van der Waals surface area contributed by atoms with Gasteiger partial charge in [0.15, 0.2) is 0 Å². The molecule has 50 heavy (non-hydrogen) atoms. The smallest absolute Gasteiger partial charge is 0.0449 e. The van der Waals surface area contributed by atoms with Crippen LogP contribution in [0.2, 0.25) is 0 Å². The van der Waals surface area contributed by atoms with Crippen molar-refractivity contribution in [2.75, 3.05) is 0 Å². The number of hydrogen-bond acceptors (Lipinski definition) is 4. The summed E-state index contributed by atoms with van der Waals surface area (Å²) in [7, 11) is 0. The Hall–Kier alpha value is -4.84. The Morgan fingerprint density at radius 2 is 0.500 bits per heavy atom. The Bertz CT molecular complexity index is 2200. The fraction of sp³-hybridized carbons (Fsp3) is 0.0435. The van der Waals surface area contributed by atoms with E-state index < -0.39 is 0 Å². The molecule has 242 valence electrons. The fourth-order valence-electron chi connectivity index (χ4n) is 6.11. The van der Waals surface area contributed by atoms with Gasteiger partial charge in [-0.2, -0.15) is 0 Å². The van der Waals surface area contributed by atoms with Crippen LogP contribution >= 0.6 is 45.3 Å². The van der Waals surface area contributed by atoms with E-state index in [0.717, 1.165) is 12.8 Å². The highest BCUT2D eigenvalue weighted by Crippen LogP contribution is 2.45. The van der Waals surface area contributed by atoms with E-state index in [-0.39, 0.29) is 0 Å². The van der Waals surface area contributed by atoms with Gasteiger partial charge in [-0.1, -0.05) is 109 Å². The molecule has 8 rings (SSSR count). The molecule has 0 radical (unpaired) electrons. The van der Waals surface area contributed by atoms with E-state index in [2.05, 4.69) is 159 Å². The lowest BCUT2D eigenvalue weighted by atomic mass is 10.0. The summed E-state index contributed by atoms with van der Waals surface area (Å²) >= 11 is 7.49. The zero-order valence-corrected chi connectivity index (χ0v) is 30.7. The highest BCUT2D eigenvalue weighted by Gasteiger charge is 2.13. The molecule has 0 unspecified atom stereocenters. The second-order valence-electron chi connectivity index (χ2n) is 12.2. The van der Waals surface area contributed by atoms with Crippen LogP contribution in [-0.2, 0) is 12.8 Å².